The largest absolute Gasteiger partial charge is 0.325 e. The molecule has 0 radical (unpaired) electrons. The number of halogens is 3. The quantitative estimate of drug-likeness (QED) is 0.466. The highest BCUT2D eigenvalue weighted by atomic mass is 35.5. The van der Waals surface area contributed by atoms with Crippen LogP contribution in [0.15, 0.2) is 12.1 Å². The first-order valence-corrected chi connectivity index (χ1v) is 8.41. The summed E-state index contributed by atoms with van der Waals surface area (Å²) in [5.41, 5.74) is 1.55. The fourth-order valence-electron chi connectivity index (χ4n) is 2.71. The van der Waals surface area contributed by atoms with Gasteiger partial charge < -0.3 is 4.57 Å². The van der Waals surface area contributed by atoms with Crippen LogP contribution in [0.1, 0.15) is 51.4 Å². The maximum Gasteiger partial charge on any atom is 0.144 e. The zero-order valence-electron chi connectivity index (χ0n) is 12.5. The minimum absolute atomic E-state index is 0.114. The Morgan fingerprint density at radius 3 is 2.76 bits per heavy atom. The van der Waals surface area contributed by atoms with Crippen LogP contribution in [-0.2, 0) is 6.42 Å². The zero-order valence-corrected chi connectivity index (χ0v) is 14.0. The van der Waals surface area contributed by atoms with E-state index >= 15 is 0 Å². The van der Waals surface area contributed by atoms with Crippen molar-refractivity contribution in [1.82, 2.24) is 9.55 Å². The molecule has 0 aliphatic carbocycles. The van der Waals surface area contributed by atoms with Crippen molar-refractivity contribution in [3.8, 4) is 0 Å². The highest BCUT2D eigenvalue weighted by Crippen LogP contribution is 2.28. The van der Waals surface area contributed by atoms with E-state index in [-0.39, 0.29) is 11.1 Å². The van der Waals surface area contributed by atoms with Crippen molar-refractivity contribution in [3.63, 3.8) is 0 Å². The Kier molecular flexibility index (Phi) is 5.88. The van der Waals surface area contributed by atoms with E-state index in [2.05, 4.69) is 23.4 Å². The Hall–Kier alpha value is -0.800. The molecule has 2 aromatic rings. The van der Waals surface area contributed by atoms with Crippen LogP contribution in [0.4, 0.5) is 4.39 Å². The maximum atomic E-state index is 13.8. The molecule has 1 aromatic carbocycles. The molecular weight excluding hydrogens is 310 g/mol. The Labute approximate surface area is 135 Å². The predicted octanol–water partition coefficient (Wildman–Crippen LogP) is 5.75. The Morgan fingerprint density at radius 1 is 1.33 bits per heavy atom. The van der Waals surface area contributed by atoms with Crippen molar-refractivity contribution in [1.29, 1.82) is 0 Å². The number of nitrogens with zero attached hydrogens (tertiary/aromatic N) is 2. The van der Waals surface area contributed by atoms with Crippen molar-refractivity contribution < 1.29 is 4.39 Å². The average molecular weight is 331 g/mol. The number of imidazole rings is 1. The molecule has 1 atom stereocenters. The third-order valence-corrected chi connectivity index (χ3v) is 4.27. The lowest BCUT2D eigenvalue weighted by Crippen LogP contribution is -2.10. The number of hydrogen-bond acceptors (Lipinski definition) is 1. The van der Waals surface area contributed by atoms with Gasteiger partial charge in [0.15, 0.2) is 0 Å². The highest BCUT2D eigenvalue weighted by Gasteiger charge is 2.17. The minimum atomic E-state index is -0.400. The van der Waals surface area contributed by atoms with Crippen LogP contribution in [0.2, 0.25) is 5.02 Å². The zero-order chi connectivity index (χ0) is 15.4. The first-order chi connectivity index (χ1) is 10.1. The normalized spacial score (nSPS) is 13.0. The Balaban J connectivity index is 2.42. The second-order valence-corrected chi connectivity index (χ2v) is 6.22. The molecular formula is C16H21Cl2FN2. The van der Waals surface area contributed by atoms with E-state index in [0.29, 0.717) is 12.3 Å². The second-order valence-electron chi connectivity index (χ2n) is 5.44. The first-order valence-electron chi connectivity index (χ1n) is 7.50. The number of rotatable bonds is 7. The summed E-state index contributed by atoms with van der Waals surface area (Å²) < 4.78 is 15.9. The highest BCUT2D eigenvalue weighted by molar-refractivity contribution is 6.31. The summed E-state index contributed by atoms with van der Waals surface area (Å²) in [6.45, 7) is 4.34. The molecule has 2 nitrogen and oxygen atoms in total. The maximum absolute atomic E-state index is 13.8. The van der Waals surface area contributed by atoms with Crippen LogP contribution in [0, 0.1) is 5.82 Å². The van der Waals surface area contributed by atoms with Gasteiger partial charge in [-0.1, -0.05) is 37.8 Å². The van der Waals surface area contributed by atoms with Gasteiger partial charge in [0.1, 0.15) is 11.6 Å². The van der Waals surface area contributed by atoms with E-state index < -0.39 is 5.82 Å². The SMILES string of the molecule is CCCCCC(C)n1c(CCCl)nc2cc(Cl)c(F)cc21. The summed E-state index contributed by atoms with van der Waals surface area (Å²) in [4.78, 5) is 4.58. The van der Waals surface area contributed by atoms with Crippen molar-refractivity contribution in [2.45, 2.75) is 52.0 Å². The molecule has 5 heteroatoms. The lowest BCUT2D eigenvalue weighted by Gasteiger charge is -2.17. The van der Waals surface area contributed by atoms with Gasteiger partial charge in [-0.3, -0.25) is 0 Å². The van der Waals surface area contributed by atoms with Crippen LogP contribution < -0.4 is 0 Å². The van der Waals surface area contributed by atoms with Gasteiger partial charge in [0.05, 0.1) is 16.1 Å². The molecule has 1 unspecified atom stereocenters. The van der Waals surface area contributed by atoms with E-state index in [1.54, 1.807) is 6.07 Å². The Bertz CT molecular complexity index is 610. The number of hydrogen-bond donors (Lipinski definition) is 0. The molecule has 2 rings (SSSR count). The van der Waals surface area contributed by atoms with Gasteiger partial charge in [0.25, 0.3) is 0 Å². The summed E-state index contributed by atoms with van der Waals surface area (Å²) in [5, 5.41) is 0.114. The molecule has 0 fully saturated rings. The molecule has 0 N–H and O–H groups in total. The van der Waals surface area contributed by atoms with Gasteiger partial charge in [-0.25, -0.2) is 9.37 Å². The second kappa shape index (κ2) is 7.46. The number of unbranched alkanes of at least 4 members (excludes halogenated alkanes) is 2. The summed E-state index contributed by atoms with van der Waals surface area (Å²) in [6, 6.07) is 3.36. The van der Waals surface area contributed by atoms with Crippen molar-refractivity contribution >= 4 is 34.2 Å². The van der Waals surface area contributed by atoms with Gasteiger partial charge in [0.2, 0.25) is 0 Å². The molecule has 0 aliphatic rings. The van der Waals surface area contributed by atoms with Crippen LogP contribution >= 0.6 is 23.2 Å². The summed E-state index contributed by atoms with van der Waals surface area (Å²) >= 11 is 11.7. The number of aryl methyl sites for hydroxylation is 1. The number of fused-ring (bicyclic) bond motifs is 1. The first kappa shape index (κ1) is 16.6. The molecule has 21 heavy (non-hydrogen) atoms. The number of benzene rings is 1. The van der Waals surface area contributed by atoms with Crippen molar-refractivity contribution in [2.24, 2.45) is 0 Å². The molecule has 0 saturated carbocycles. The predicted molar refractivity (Wildman–Crippen MR) is 88.0 cm³/mol. The molecule has 0 amide bonds. The lowest BCUT2D eigenvalue weighted by atomic mass is 10.1. The third kappa shape index (κ3) is 3.70. The smallest absolute Gasteiger partial charge is 0.144 e. The summed E-state index contributed by atoms with van der Waals surface area (Å²) in [6.07, 6.45) is 5.29. The van der Waals surface area contributed by atoms with Crippen molar-refractivity contribution in [2.75, 3.05) is 5.88 Å². The monoisotopic (exact) mass is 330 g/mol. The minimum Gasteiger partial charge on any atom is -0.325 e. The molecule has 116 valence electrons. The third-order valence-electron chi connectivity index (χ3n) is 3.79. The average Bonchev–Trinajstić information content (AvgIpc) is 2.77. The summed E-state index contributed by atoms with van der Waals surface area (Å²) in [7, 11) is 0. The topological polar surface area (TPSA) is 17.8 Å². The number of alkyl halides is 1. The van der Waals surface area contributed by atoms with Gasteiger partial charge in [0, 0.05) is 24.4 Å². The molecule has 0 spiro atoms. The lowest BCUT2D eigenvalue weighted by molar-refractivity contribution is 0.474. The van der Waals surface area contributed by atoms with E-state index in [4.69, 9.17) is 23.2 Å². The van der Waals surface area contributed by atoms with E-state index in [0.717, 1.165) is 29.7 Å². The van der Waals surface area contributed by atoms with Crippen LogP contribution in [-0.4, -0.2) is 15.4 Å². The standard InChI is InChI=1S/C16H21Cl2FN2/c1-3-4-5-6-11(2)21-15-10-13(19)12(18)9-14(15)20-16(21)7-8-17/h9-11H,3-8H2,1-2H3. The fourth-order valence-corrected chi connectivity index (χ4v) is 3.04. The van der Waals surface area contributed by atoms with Crippen LogP contribution in [0.3, 0.4) is 0 Å². The van der Waals surface area contributed by atoms with E-state index in [1.165, 1.54) is 18.9 Å². The van der Waals surface area contributed by atoms with Crippen LogP contribution in [0.25, 0.3) is 11.0 Å². The van der Waals surface area contributed by atoms with Gasteiger partial charge in [-0.05, 0) is 19.4 Å². The molecule has 1 heterocycles. The van der Waals surface area contributed by atoms with E-state index in [1.807, 2.05) is 0 Å². The fraction of sp³-hybridized carbons (Fsp3) is 0.562. The Morgan fingerprint density at radius 2 is 2.10 bits per heavy atom. The molecule has 0 aliphatic heterocycles. The van der Waals surface area contributed by atoms with Gasteiger partial charge in [-0.2, -0.15) is 0 Å². The van der Waals surface area contributed by atoms with Gasteiger partial charge in [-0.15, -0.1) is 11.6 Å². The number of aromatic nitrogens is 2. The van der Waals surface area contributed by atoms with Crippen molar-refractivity contribution in [3.05, 3.63) is 28.8 Å². The summed E-state index contributed by atoms with van der Waals surface area (Å²) in [5.74, 6) is 1.01. The molecule has 1 aromatic heterocycles. The van der Waals surface area contributed by atoms with E-state index in [9.17, 15) is 4.39 Å². The van der Waals surface area contributed by atoms with Gasteiger partial charge >= 0.3 is 0 Å². The van der Waals surface area contributed by atoms with Crippen LogP contribution in [0.5, 0.6) is 0 Å². The molecule has 0 saturated heterocycles. The molecule has 0 bridgehead atoms.